The van der Waals surface area contributed by atoms with Crippen molar-refractivity contribution >= 4 is 21.6 Å². The maximum atomic E-state index is 13.7. The number of nitrogens with one attached hydrogen (secondary N) is 2. The highest BCUT2D eigenvalue weighted by Crippen LogP contribution is 2.18. The molecule has 6 nitrogen and oxygen atoms in total. The van der Waals surface area contributed by atoms with Crippen LogP contribution in [0.5, 0.6) is 0 Å². The summed E-state index contributed by atoms with van der Waals surface area (Å²) in [5, 5.41) is 5.47. The van der Waals surface area contributed by atoms with Gasteiger partial charge >= 0.3 is 0 Å². The molecule has 0 aromatic heterocycles. The number of nitrogens with zero attached hydrogens (tertiary/aromatic N) is 1. The largest absolute Gasteiger partial charge is 0.325 e. The van der Waals surface area contributed by atoms with E-state index in [-0.39, 0.29) is 22.9 Å². The number of sulfonamides is 1. The lowest BCUT2D eigenvalue weighted by atomic mass is 10.1. The Balaban J connectivity index is 1.94. The summed E-state index contributed by atoms with van der Waals surface area (Å²) in [7, 11) is -0.671. The van der Waals surface area contributed by atoms with Gasteiger partial charge in [-0.3, -0.25) is 4.79 Å². The summed E-state index contributed by atoms with van der Waals surface area (Å²) in [6.07, 6.45) is 0. The SMILES string of the molecule is C[C@H](NCC(=O)Nc1ccc(S(=O)(=O)N(C)C)cc1)c1ccc(F)cc1F. The molecule has 0 aliphatic heterocycles. The van der Waals surface area contributed by atoms with Gasteiger partial charge in [0, 0.05) is 37.5 Å². The van der Waals surface area contributed by atoms with Gasteiger partial charge in [-0.25, -0.2) is 21.5 Å². The lowest BCUT2D eigenvalue weighted by Gasteiger charge is -2.15. The third-order valence-corrected chi connectivity index (χ3v) is 5.74. The van der Waals surface area contributed by atoms with E-state index in [0.717, 1.165) is 16.4 Å². The van der Waals surface area contributed by atoms with E-state index < -0.39 is 27.7 Å². The van der Waals surface area contributed by atoms with E-state index in [1.807, 2.05) is 0 Å². The van der Waals surface area contributed by atoms with Gasteiger partial charge in [-0.1, -0.05) is 6.07 Å². The summed E-state index contributed by atoms with van der Waals surface area (Å²) < 4.78 is 51.8. The topological polar surface area (TPSA) is 78.5 Å². The number of rotatable bonds is 7. The zero-order valence-corrected chi connectivity index (χ0v) is 16.0. The van der Waals surface area contributed by atoms with E-state index in [0.29, 0.717) is 5.69 Å². The molecule has 0 bridgehead atoms. The summed E-state index contributed by atoms with van der Waals surface area (Å²) in [5.41, 5.74) is 0.683. The van der Waals surface area contributed by atoms with Crippen molar-refractivity contribution in [2.75, 3.05) is 26.0 Å². The van der Waals surface area contributed by atoms with E-state index in [1.165, 1.54) is 44.4 Å². The Morgan fingerprint density at radius 2 is 1.74 bits per heavy atom. The van der Waals surface area contributed by atoms with Crippen molar-refractivity contribution in [3.05, 3.63) is 59.7 Å². The van der Waals surface area contributed by atoms with E-state index in [4.69, 9.17) is 0 Å². The Bertz CT molecular complexity index is 916. The summed E-state index contributed by atoms with van der Waals surface area (Å²) in [5.74, 6) is -1.73. The molecule has 0 aliphatic carbocycles. The van der Waals surface area contributed by atoms with Crippen molar-refractivity contribution in [1.82, 2.24) is 9.62 Å². The van der Waals surface area contributed by atoms with E-state index >= 15 is 0 Å². The molecule has 0 fully saturated rings. The standard InChI is InChI=1S/C18H21F2N3O3S/c1-12(16-9-4-13(19)10-17(16)20)21-11-18(24)22-14-5-7-15(8-6-14)27(25,26)23(2)3/h4-10,12,21H,11H2,1-3H3,(H,22,24)/t12-/m0/s1. The van der Waals surface area contributed by atoms with Gasteiger partial charge in [0.2, 0.25) is 15.9 Å². The average Bonchev–Trinajstić information content (AvgIpc) is 2.60. The number of halogens is 2. The maximum Gasteiger partial charge on any atom is 0.242 e. The Kier molecular flexibility index (Phi) is 6.63. The quantitative estimate of drug-likeness (QED) is 0.753. The van der Waals surface area contributed by atoms with Crippen molar-refractivity contribution in [3.63, 3.8) is 0 Å². The molecule has 0 unspecified atom stereocenters. The zero-order chi connectivity index (χ0) is 20.2. The lowest BCUT2D eigenvalue weighted by molar-refractivity contribution is -0.115. The molecule has 2 N–H and O–H groups in total. The van der Waals surface area contributed by atoms with E-state index in [9.17, 15) is 22.0 Å². The number of carbonyl (C=O) groups excluding carboxylic acids is 1. The minimum atomic E-state index is -3.54. The Hall–Kier alpha value is -2.36. The first-order chi connectivity index (χ1) is 12.6. The predicted octanol–water partition coefficient (Wildman–Crippen LogP) is 2.50. The van der Waals surface area contributed by atoms with Crippen LogP contribution < -0.4 is 10.6 Å². The Morgan fingerprint density at radius 1 is 1.11 bits per heavy atom. The molecule has 2 aromatic rings. The zero-order valence-electron chi connectivity index (χ0n) is 15.2. The third-order valence-electron chi connectivity index (χ3n) is 3.91. The number of carbonyl (C=O) groups is 1. The molecule has 27 heavy (non-hydrogen) atoms. The van der Waals surface area contributed by atoms with Gasteiger partial charge in [-0.05, 0) is 37.3 Å². The van der Waals surface area contributed by atoms with Crippen molar-refractivity contribution in [2.24, 2.45) is 0 Å². The molecule has 1 amide bonds. The highest BCUT2D eigenvalue weighted by molar-refractivity contribution is 7.89. The first-order valence-corrected chi connectivity index (χ1v) is 9.56. The second kappa shape index (κ2) is 8.55. The molecule has 2 rings (SSSR count). The highest BCUT2D eigenvalue weighted by atomic mass is 32.2. The fourth-order valence-electron chi connectivity index (χ4n) is 2.33. The second-order valence-corrected chi connectivity index (χ2v) is 8.28. The fraction of sp³-hybridized carbons (Fsp3) is 0.278. The minimum absolute atomic E-state index is 0.101. The molecular weight excluding hydrogens is 376 g/mol. The molecule has 146 valence electrons. The van der Waals surface area contributed by atoms with Crippen LogP contribution in [0.15, 0.2) is 47.4 Å². The van der Waals surface area contributed by atoms with Gasteiger partial charge in [-0.2, -0.15) is 0 Å². The second-order valence-electron chi connectivity index (χ2n) is 6.13. The third kappa shape index (κ3) is 5.31. The van der Waals surface area contributed by atoms with Crippen LogP contribution in [0.1, 0.15) is 18.5 Å². The summed E-state index contributed by atoms with van der Waals surface area (Å²) in [4.78, 5) is 12.1. The normalized spacial score (nSPS) is 12.8. The summed E-state index contributed by atoms with van der Waals surface area (Å²) >= 11 is 0. The number of hydrogen-bond acceptors (Lipinski definition) is 4. The molecule has 0 saturated heterocycles. The predicted molar refractivity (Wildman–Crippen MR) is 98.7 cm³/mol. The number of anilines is 1. The van der Waals surface area contributed by atoms with Crippen LogP contribution in [0, 0.1) is 11.6 Å². The summed E-state index contributed by atoms with van der Waals surface area (Å²) in [6.45, 7) is 1.56. The molecule has 0 aliphatic rings. The van der Waals surface area contributed by atoms with E-state index in [1.54, 1.807) is 6.92 Å². The Labute approximate surface area is 157 Å². The molecule has 2 aromatic carbocycles. The number of hydrogen-bond donors (Lipinski definition) is 2. The van der Waals surface area contributed by atoms with Crippen LogP contribution in [0.25, 0.3) is 0 Å². The molecule has 0 spiro atoms. The number of amides is 1. The van der Waals surface area contributed by atoms with Crippen LogP contribution in [-0.2, 0) is 14.8 Å². The number of benzene rings is 2. The first kappa shape index (κ1) is 20.9. The highest BCUT2D eigenvalue weighted by Gasteiger charge is 2.17. The van der Waals surface area contributed by atoms with Crippen molar-refractivity contribution in [1.29, 1.82) is 0 Å². The smallest absolute Gasteiger partial charge is 0.242 e. The fourth-order valence-corrected chi connectivity index (χ4v) is 3.24. The lowest BCUT2D eigenvalue weighted by Crippen LogP contribution is -2.30. The minimum Gasteiger partial charge on any atom is -0.325 e. The van der Waals surface area contributed by atoms with Crippen molar-refractivity contribution < 1.29 is 22.0 Å². The average molecular weight is 397 g/mol. The maximum absolute atomic E-state index is 13.7. The van der Waals surface area contributed by atoms with Gasteiger partial charge in [0.1, 0.15) is 11.6 Å². The molecular formula is C18H21F2N3O3S. The molecule has 0 saturated carbocycles. The van der Waals surface area contributed by atoms with Gasteiger partial charge in [0.15, 0.2) is 0 Å². The Morgan fingerprint density at radius 3 is 2.30 bits per heavy atom. The summed E-state index contributed by atoms with van der Waals surface area (Å²) in [6, 6.07) is 8.53. The van der Waals surface area contributed by atoms with Gasteiger partial charge in [-0.15, -0.1) is 0 Å². The van der Waals surface area contributed by atoms with Crippen molar-refractivity contribution in [2.45, 2.75) is 17.9 Å². The van der Waals surface area contributed by atoms with Crippen LogP contribution in [0.3, 0.4) is 0 Å². The monoisotopic (exact) mass is 397 g/mol. The van der Waals surface area contributed by atoms with E-state index in [2.05, 4.69) is 10.6 Å². The van der Waals surface area contributed by atoms with Crippen LogP contribution in [0.2, 0.25) is 0 Å². The van der Waals surface area contributed by atoms with Crippen LogP contribution in [0.4, 0.5) is 14.5 Å². The van der Waals surface area contributed by atoms with Gasteiger partial charge in [0.25, 0.3) is 0 Å². The first-order valence-electron chi connectivity index (χ1n) is 8.12. The van der Waals surface area contributed by atoms with Crippen molar-refractivity contribution in [3.8, 4) is 0 Å². The van der Waals surface area contributed by atoms with Gasteiger partial charge < -0.3 is 10.6 Å². The van der Waals surface area contributed by atoms with Crippen LogP contribution >= 0.6 is 0 Å². The molecule has 1 atom stereocenters. The molecule has 9 heteroatoms. The van der Waals surface area contributed by atoms with Crippen LogP contribution in [-0.4, -0.2) is 39.3 Å². The molecule has 0 radical (unpaired) electrons. The molecule has 0 heterocycles. The van der Waals surface area contributed by atoms with Gasteiger partial charge in [0.05, 0.1) is 11.4 Å².